The normalized spacial score (nSPS) is 17.8. The van der Waals surface area contributed by atoms with Gasteiger partial charge in [0, 0.05) is 0 Å². The quantitative estimate of drug-likeness (QED) is 0.445. The number of hydrogen-bond donors (Lipinski definition) is 4. The van der Waals surface area contributed by atoms with Crippen LogP contribution in [0.1, 0.15) is 27.7 Å². The van der Waals surface area contributed by atoms with E-state index in [2.05, 4.69) is 0 Å². The van der Waals surface area contributed by atoms with E-state index in [1.165, 1.54) is 0 Å². The molecule has 4 N–H and O–H groups in total. The molecule has 8 heteroatoms. The number of carboxylic acids is 2. The minimum Gasteiger partial charge on any atom is -0.479 e. The molecule has 8 nitrogen and oxygen atoms in total. The van der Waals surface area contributed by atoms with E-state index in [0.717, 1.165) is 0 Å². The fraction of sp³-hybridized carbons (Fsp3) is 0.833. The van der Waals surface area contributed by atoms with Gasteiger partial charge < -0.3 is 29.9 Å². The average molecular weight is 294 g/mol. The Balaban J connectivity index is 5.20. The summed E-state index contributed by atoms with van der Waals surface area (Å²) < 4.78 is 10.2. The van der Waals surface area contributed by atoms with Crippen LogP contribution >= 0.6 is 0 Å². The fourth-order valence-corrected chi connectivity index (χ4v) is 1.55. The van der Waals surface area contributed by atoms with Crippen molar-refractivity contribution in [1.29, 1.82) is 0 Å². The van der Waals surface area contributed by atoms with Gasteiger partial charge in [-0.05, 0) is 27.7 Å². The highest BCUT2D eigenvalue weighted by atomic mass is 16.6. The maximum atomic E-state index is 11.1. The lowest BCUT2D eigenvalue weighted by molar-refractivity contribution is -0.194. The van der Waals surface area contributed by atoms with E-state index in [-0.39, 0.29) is 0 Å². The van der Waals surface area contributed by atoms with Crippen LogP contribution in [0.25, 0.3) is 0 Å². The Hall–Kier alpha value is -1.22. The van der Waals surface area contributed by atoms with E-state index < -0.39 is 48.6 Å². The molecular formula is C12H22O8. The molecule has 0 saturated heterocycles. The Bertz CT molecular complexity index is 327. The second-order valence-corrected chi connectivity index (χ2v) is 4.87. The Morgan fingerprint density at radius 3 is 1.60 bits per heavy atom. The van der Waals surface area contributed by atoms with Gasteiger partial charge in [0.05, 0.1) is 12.2 Å². The van der Waals surface area contributed by atoms with E-state index in [0.29, 0.717) is 0 Å². The van der Waals surface area contributed by atoms with E-state index in [1.807, 2.05) is 0 Å². The van der Waals surface area contributed by atoms with Crippen LogP contribution in [0, 0.1) is 0 Å². The van der Waals surface area contributed by atoms with Crippen LogP contribution in [-0.2, 0) is 19.1 Å². The maximum absolute atomic E-state index is 11.1. The monoisotopic (exact) mass is 294 g/mol. The number of aliphatic carboxylic acids is 2. The topological polar surface area (TPSA) is 134 Å². The molecule has 0 aliphatic carbocycles. The van der Waals surface area contributed by atoms with Crippen molar-refractivity contribution < 1.29 is 39.5 Å². The Morgan fingerprint density at radius 2 is 1.30 bits per heavy atom. The Labute approximate surface area is 116 Å². The van der Waals surface area contributed by atoms with Gasteiger partial charge >= 0.3 is 11.9 Å². The predicted molar refractivity (Wildman–Crippen MR) is 67.3 cm³/mol. The first-order valence-corrected chi connectivity index (χ1v) is 6.20. The van der Waals surface area contributed by atoms with Crippen molar-refractivity contribution in [2.24, 2.45) is 0 Å². The molecule has 0 spiro atoms. The summed E-state index contributed by atoms with van der Waals surface area (Å²) in [7, 11) is 0. The van der Waals surface area contributed by atoms with Crippen molar-refractivity contribution in [3.8, 4) is 0 Å². The standard InChI is InChI=1S/C12H22O8/c1-5(2)19-9(8(14)11(15)16)7(13)10(12(17)18)20-6(3)4/h5-10,13-14H,1-4H3,(H,15,16)(H,17,18)/t7-,8-,9+,10+/m0/s1. The minimum atomic E-state index is -2.06. The van der Waals surface area contributed by atoms with Gasteiger partial charge in [-0.3, -0.25) is 0 Å². The highest BCUT2D eigenvalue weighted by Gasteiger charge is 2.41. The molecule has 0 radical (unpaired) electrons. The summed E-state index contributed by atoms with van der Waals surface area (Å²) in [4.78, 5) is 21.9. The van der Waals surface area contributed by atoms with E-state index >= 15 is 0 Å². The number of carbonyl (C=O) groups is 2. The van der Waals surface area contributed by atoms with Gasteiger partial charge in [-0.15, -0.1) is 0 Å². The number of aliphatic hydroxyl groups excluding tert-OH is 2. The molecule has 0 heterocycles. The number of ether oxygens (including phenoxy) is 2. The van der Waals surface area contributed by atoms with Gasteiger partial charge in [-0.1, -0.05) is 0 Å². The molecule has 0 aliphatic heterocycles. The van der Waals surface area contributed by atoms with E-state index in [4.69, 9.17) is 19.7 Å². The van der Waals surface area contributed by atoms with Crippen LogP contribution in [0.5, 0.6) is 0 Å². The molecule has 0 aromatic heterocycles. The zero-order valence-electron chi connectivity index (χ0n) is 11.9. The smallest absolute Gasteiger partial charge is 0.335 e. The highest BCUT2D eigenvalue weighted by Crippen LogP contribution is 2.16. The van der Waals surface area contributed by atoms with Crippen molar-refractivity contribution in [1.82, 2.24) is 0 Å². The van der Waals surface area contributed by atoms with Crippen LogP contribution in [0.3, 0.4) is 0 Å². The van der Waals surface area contributed by atoms with Crippen molar-refractivity contribution >= 4 is 11.9 Å². The summed E-state index contributed by atoms with van der Waals surface area (Å²) in [6.45, 7) is 6.25. The summed E-state index contributed by atoms with van der Waals surface area (Å²) >= 11 is 0. The third kappa shape index (κ3) is 5.83. The molecular weight excluding hydrogens is 272 g/mol. The SMILES string of the molecule is CC(C)O[C@H]([C@H](O)[C@@H](OC(C)C)C(=O)O)[C@H](O)C(=O)O. The van der Waals surface area contributed by atoms with Gasteiger partial charge in [0.1, 0.15) is 12.2 Å². The van der Waals surface area contributed by atoms with Crippen molar-refractivity contribution in [2.45, 2.75) is 64.3 Å². The van der Waals surface area contributed by atoms with Gasteiger partial charge in [0.25, 0.3) is 0 Å². The molecule has 118 valence electrons. The summed E-state index contributed by atoms with van der Waals surface area (Å²) in [5.41, 5.74) is 0. The lowest BCUT2D eigenvalue weighted by atomic mass is 10.0. The molecule has 0 aromatic rings. The number of aliphatic hydroxyl groups is 2. The molecule has 0 aliphatic rings. The van der Waals surface area contributed by atoms with Crippen LogP contribution in [0.15, 0.2) is 0 Å². The molecule has 0 bridgehead atoms. The van der Waals surface area contributed by atoms with Crippen LogP contribution < -0.4 is 0 Å². The second kappa shape index (κ2) is 8.15. The van der Waals surface area contributed by atoms with Gasteiger partial charge in [-0.25, -0.2) is 9.59 Å². The molecule has 0 rings (SSSR count). The van der Waals surface area contributed by atoms with E-state index in [9.17, 15) is 19.8 Å². The predicted octanol–water partition coefficient (Wildman–Crippen LogP) is -0.535. The molecule has 0 unspecified atom stereocenters. The molecule has 4 atom stereocenters. The number of rotatable bonds is 9. The molecule has 0 saturated carbocycles. The largest absolute Gasteiger partial charge is 0.479 e. The lowest BCUT2D eigenvalue weighted by Gasteiger charge is -2.31. The fourth-order valence-electron chi connectivity index (χ4n) is 1.55. The van der Waals surface area contributed by atoms with Crippen molar-refractivity contribution in [3.63, 3.8) is 0 Å². The number of carboxylic acid groups (broad SMARTS) is 2. The Kier molecular flexibility index (Phi) is 7.66. The number of hydrogen-bond acceptors (Lipinski definition) is 6. The van der Waals surface area contributed by atoms with Crippen molar-refractivity contribution in [3.05, 3.63) is 0 Å². The average Bonchev–Trinajstić information content (AvgIpc) is 2.30. The maximum Gasteiger partial charge on any atom is 0.335 e. The zero-order chi connectivity index (χ0) is 16.0. The highest BCUT2D eigenvalue weighted by molar-refractivity contribution is 5.75. The summed E-state index contributed by atoms with van der Waals surface area (Å²) in [6, 6.07) is 0. The molecule has 0 fully saturated rings. The molecule has 20 heavy (non-hydrogen) atoms. The van der Waals surface area contributed by atoms with Gasteiger partial charge in [-0.2, -0.15) is 0 Å². The van der Waals surface area contributed by atoms with E-state index in [1.54, 1.807) is 27.7 Å². The zero-order valence-corrected chi connectivity index (χ0v) is 11.9. The Morgan fingerprint density at radius 1 is 0.850 bits per heavy atom. The van der Waals surface area contributed by atoms with Gasteiger partial charge in [0.15, 0.2) is 12.2 Å². The first kappa shape index (κ1) is 18.8. The third-order valence-corrected chi connectivity index (χ3v) is 2.30. The minimum absolute atomic E-state index is 0.507. The lowest BCUT2D eigenvalue weighted by Crippen LogP contribution is -2.53. The summed E-state index contributed by atoms with van der Waals surface area (Å²) in [5, 5.41) is 37.4. The van der Waals surface area contributed by atoms with Crippen molar-refractivity contribution in [2.75, 3.05) is 0 Å². The van der Waals surface area contributed by atoms with Gasteiger partial charge in [0.2, 0.25) is 0 Å². The first-order chi connectivity index (χ1) is 9.07. The van der Waals surface area contributed by atoms with Crippen LogP contribution in [0.4, 0.5) is 0 Å². The second-order valence-electron chi connectivity index (χ2n) is 4.87. The third-order valence-electron chi connectivity index (χ3n) is 2.30. The van der Waals surface area contributed by atoms with Crippen LogP contribution in [0.2, 0.25) is 0 Å². The molecule has 0 aromatic carbocycles. The van der Waals surface area contributed by atoms with Crippen LogP contribution in [-0.4, -0.2) is 69.0 Å². The molecule has 0 amide bonds. The summed E-state index contributed by atoms with van der Waals surface area (Å²) in [6.07, 6.45) is -8.24. The first-order valence-electron chi connectivity index (χ1n) is 6.20. The summed E-state index contributed by atoms with van der Waals surface area (Å²) in [5.74, 6) is -3.09.